The first kappa shape index (κ1) is 22.1. The van der Waals surface area contributed by atoms with Crippen LogP contribution in [-0.2, 0) is 0 Å². The van der Waals surface area contributed by atoms with Gasteiger partial charge in [0.1, 0.15) is 16.2 Å². The molecule has 0 saturated heterocycles. The highest BCUT2D eigenvalue weighted by molar-refractivity contribution is 7.21. The van der Waals surface area contributed by atoms with E-state index in [9.17, 15) is 0 Å². The molecule has 2 N–H and O–H groups in total. The van der Waals surface area contributed by atoms with Crippen LogP contribution in [0.5, 0.6) is 0 Å². The Bertz CT molecular complexity index is 2200. The van der Waals surface area contributed by atoms with Crippen LogP contribution in [0.3, 0.4) is 0 Å². The van der Waals surface area contributed by atoms with Crippen LogP contribution in [0.4, 0.5) is 5.69 Å². The Morgan fingerprint density at radius 2 is 1.28 bits per heavy atom. The molecule has 0 bridgehead atoms. The van der Waals surface area contributed by atoms with Crippen molar-refractivity contribution in [3.63, 3.8) is 0 Å². The molecule has 4 heteroatoms. The molecule has 0 unspecified atom stereocenters. The second kappa shape index (κ2) is 8.55. The molecule has 0 amide bonds. The smallest absolute Gasteiger partial charge is 0.143 e. The number of furan rings is 1. The molecule has 184 valence electrons. The van der Waals surface area contributed by atoms with Gasteiger partial charge in [0.25, 0.3) is 0 Å². The Labute approximate surface area is 228 Å². The van der Waals surface area contributed by atoms with Gasteiger partial charge in [-0.1, -0.05) is 91.0 Å². The Kier molecular flexibility index (Phi) is 4.84. The van der Waals surface area contributed by atoms with Crippen molar-refractivity contribution in [1.82, 2.24) is 4.98 Å². The first-order valence-corrected chi connectivity index (χ1v) is 13.7. The second-order valence-electron chi connectivity index (χ2n) is 9.78. The highest BCUT2D eigenvalue weighted by Crippen LogP contribution is 2.44. The molecular formula is C35H22N2OS. The van der Waals surface area contributed by atoms with Crippen molar-refractivity contribution in [3.8, 4) is 32.8 Å². The SMILES string of the molecule is Nc1ccccc1-c1nc2c(-c3cccc4ccccc34)cc(-c3cccc4c3oc3ccccc34)cc2s1. The Morgan fingerprint density at radius 3 is 2.21 bits per heavy atom. The van der Waals surface area contributed by atoms with Gasteiger partial charge in [0.05, 0.1) is 10.2 Å². The van der Waals surface area contributed by atoms with Crippen molar-refractivity contribution >= 4 is 60.0 Å². The van der Waals surface area contributed by atoms with Gasteiger partial charge in [-0.3, -0.25) is 0 Å². The van der Waals surface area contributed by atoms with E-state index in [0.717, 1.165) is 70.7 Å². The van der Waals surface area contributed by atoms with Gasteiger partial charge in [0.2, 0.25) is 0 Å². The highest BCUT2D eigenvalue weighted by atomic mass is 32.1. The van der Waals surface area contributed by atoms with Crippen molar-refractivity contribution in [2.24, 2.45) is 0 Å². The molecule has 2 aromatic heterocycles. The number of nitrogens with zero attached hydrogens (tertiary/aromatic N) is 1. The number of hydrogen-bond acceptors (Lipinski definition) is 4. The third kappa shape index (κ3) is 3.46. The molecule has 3 nitrogen and oxygen atoms in total. The summed E-state index contributed by atoms with van der Waals surface area (Å²) in [7, 11) is 0. The van der Waals surface area contributed by atoms with Crippen LogP contribution in [0.25, 0.3) is 75.8 Å². The summed E-state index contributed by atoms with van der Waals surface area (Å²) < 4.78 is 7.54. The average Bonchev–Trinajstić information content (AvgIpc) is 3.58. The maximum Gasteiger partial charge on any atom is 0.143 e. The minimum absolute atomic E-state index is 0.732. The highest BCUT2D eigenvalue weighted by Gasteiger charge is 2.19. The van der Waals surface area contributed by atoms with Crippen LogP contribution in [0.15, 0.2) is 126 Å². The molecule has 0 radical (unpaired) electrons. The number of fused-ring (bicyclic) bond motifs is 5. The molecule has 2 heterocycles. The molecule has 8 rings (SSSR count). The molecule has 0 aliphatic heterocycles. The van der Waals surface area contributed by atoms with Gasteiger partial charge < -0.3 is 10.2 Å². The van der Waals surface area contributed by atoms with Crippen LogP contribution in [0.1, 0.15) is 0 Å². The number of benzene rings is 6. The lowest BCUT2D eigenvalue weighted by Crippen LogP contribution is -1.89. The number of nitrogens with two attached hydrogens (primary N) is 1. The van der Waals surface area contributed by atoms with Crippen LogP contribution in [0, 0.1) is 0 Å². The predicted octanol–water partition coefficient (Wildman–Crippen LogP) is 9.93. The van der Waals surface area contributed by atoms with Gasteiger partial charge in [-0.15, -0.1) is 11.3 Å². The lowest BCUT2D eigenvalue weighted by atomic mass is 9.94. The monoisotopic (exact) mass is 518 g/mol. The number of rotatable bonds is 3. The van der Waals surface area contributed by atoms with E-state index in [-0.39, 0.29) is 0 Å². The Hall–Kier alpha value is -4.93. The summed E-state index contributed by atoms with van der Waals surface area (Å²) in [5, 5.41) is 5.58. The van der Waals surface area contributed by atoms with Crippen LogP contribution >= 0.6 is 11.3 Å². The molecule has 0 aliphatic rings. The predicted molar refractivity (Wildman–Crippen MR) is 165 cm³/mol. The molecule has 0 atom stereocenters. The normalized spacial score (nSPS) is 11.7. The first-order valence-electron chi connectivity index (χ1n) is 12.9. The lowest BCUT2D eigenvalue weighted by molar-refractivity contribution is 0.670. The van der Waals surface area contributed by atoms with E-state index in [1.165, 1.54) is 10.8 Å². The topological polar surface area (TPSA) is 52.0 Å². The number of hydrogen-bond donors (Lipinski definition) is 1. The summed E-state index contributed by atoms with van der Waals surface area (Å²) in [6, 6.07) is 42.1. The molecule has 39 heavy (non-hydrogen) atoms. The molecule has 0 spiro atoms. The van der Waals surface area contributed by atoms with Crippen molar-refractivity contribution < 1.29 is 4.42 Å². The van der Waals surface area contributed by atoms with E-state index in [2.05, 4.69) is 84.9 Å². The molecule has 0 aliphatic carbocycles. The minimum atomic E-state index is 0.732. The van der Waals surface area contributed by atoms with Crippen molar-refractivity contribution in [3.05, 3.63) is 121 Å². The minimum Gasteiger partial charge on any atom is -0.455 e. The fourth-order valence-electron chi connectivity index (χ4n) is 5.63. The third-order valence-corrected chi connectivity index (χ3v) is 8.52. The van der Waals surface area contributed by atoms with E-state index < -0.39 is 0 Å². The van der Waals surface area contributed by atoms with Gasteiger partial charge in [-0.2, -0.15) is 0 Å². The zero-order chi connectivity index (χ0) is 25.9. The van der Waals surface area contributed by atoms with Gasteiger partial charge in [-0.25, -0.2) is 4.98 Å². The largest absolute Gasteiger partial charge is 0.455 e. The number of anilines is 1. The van der Waals surface area contributed by atoms with Gasteiger partial charge in [0, 0.05) is 33.2 Å². The Morgan fingerprint density at radius 1 is 0.590 bits per heavy atom. The summed E-state index contributed by atoms with van der Waals surface area (Å²) in [5.41, 5.74) is 15.3. The van der Waals surface area contributed by atoms with E-state index in [0.29, 0.717) is 0 Å². The van der Waals surface area contributed by atoms with Crippen molar-refractivity contribution in [1.29, 1.82) is 0 Å². The molecular weight excluding hydrogens is 496 g/mol. The quantitative estimate of drug-likeness (QED) is 0.237. The van der Waals surface area contributed by atoms with E-state index in [1.54, 1.807) is 11.3 Å². The van der Waals surface area contributed by atoms with Gasteiger partial charge >= 0.3 is 0 Å². The van der Waals surface area contributed by atoms with Gasteiger partial charge in [0.15, 0.2) is 0 Å². The fraction of sp³-hybridized carbons (Fsp3) is 0. The number of para-hydroxylation sites is 3. The molecule has 0 saturated carbocycles. The maximum atomic E-state index is 6.43. The van der Waals surface area contributed by atoms with E-state index >= 15 is 0 Å². The number of thiazole rings is 1. The second-order valence-corrected chi connectivity index (χ2v) is 10.8. The zero-order valence-electron chi connectivity index (χ0n) is 20.9. The summed E-state index contributed by atoms with van der Waals surface area (Å²) in [4.78, 5) is 5.17. The summed E-state index contributed by atoms with van der Waals surface area (Å²) in [6.45, 7) is 0. The zero-order valence-corrected chi connectivity index (χ0v) is 21.7. The van der Waals surface area contributed by atoms with Crippen LogP contribution < -0.4 is 5.73 Å². The molecule has 6 aromatic carbocycles. The Balaban J connectivity index is 1.46. The van der Waals surface area contributed by atoms with Crippen molar-refractivity contribution in [2.75, 3.05) is 5.73 Å². The van der Waals surface area contributed by atoms with Crippen LogP contribution in [-0.4, -0.2) is 4.98 Å². The van der Waals surface area contributed by atoms with Crippen LogP contribution in [0.2, 0.25) is 0 Å². The number of aromatic nitrogens is 1. The summed E-state index contributed by atoms with van der Waals surface area (Å²) in [5.74, 6) is 0. The molecule has 8 aromatic rings. The number of nitrogen functional groups attached to an aromatic ring is 1. The van der Waals surface area contributed by atoms with Crippen molar-refractivity contribution in [2.45, 2.75) is 0 Å². The first-order chi connectivity index (χ1) is 19.2. The third-order valence-electron chi connectivity index (χ3n) is 7.48. The van der Waals surface area contributed by atoms with E-state index in [4.69, 9.17) is 15.1 Å². The summed E-state index contributed by atoms with van der Waals surface area (Å²) >= 11 is 1.68. The average molecular weight is 519 g/mol. The fourth-order valence-corrected chi connectivity index (χ4v) is 6.71. The standard InChI is InChI=1S/C35H22N2OS/c36-30-17-5-3-13-28(30)35-37-33-29(25-15-7-10-21-9-1-2-11-23(21)25)19-22(20-32(33)39-35)24-14-8-16-27-26-12-4-6-18-31(26)38-34(24)27/h1-20H,36H2. The molecule has 0 fully saturated rings. The summed E-state index contributed by atoms with van der Waals surface area (Å²) in [6.07, 6.45) is 0. The lowest BCUT2D eigenvalue weighted by Gasteiger charge is -2.11. The van der Waals surface area contributed by atoms with Gasteiger partial charge in [-0.05, 0) is 52.2 Å². The van der Waals surface area contributed by atoms with E-state index in [1.807, 2.05) is 36.4 Å². The maximum absolute atomic E-state index is 6.43.